The van der Waals surface area contributed by atoms with Crippen LogP contribution in [-0.4, -0.2) is 41.8 Å². The lowest BCUT2D eigenvalue weighted by molar-refractivity contribution is -0.227. The van der Waals surface area contributed by atoms with Crippen LogP contribution in [0.3, 0.4) is 0 Å². The highest BCUT2D eigenvalue weighted by atomic mass is 19.4. The number of carboxylic acid groups (broad SMARTS) is 1. The topological polar surface area (TPSA) is 40.5 Å². The predicted octanol–water partition coefficient (Wildman–Crippen LogP) is 1.35. The van der Waals surface area contributed by atoms with Gasteiger partial charge >= 0.3 is 12.1 Å². The number of carbonyl (C=O) groups is 1. The number of rotatable bonds is 3. The highest BCUT2D eigenvalue weighted by Gasteiger charge is 2.63. The Hall–Kier alpha value is -1.22. The number of nitrogens with zero attached hydrogens (tertiary/aromatic N) is 1. The molecule has 0 saturated carbocycles. The highest BCUT2D eigenvalue weighted by Crippen LogP contribution is 2.45. The van der Waals surface area contributed by atoms with Gasteiger partial charge in [0.2, 0.25) is 0 Å². The number of terminal acetylenes is 1. The maximum atomic E-state index is 12.7. The van der Waals surface area contributed by atoms with Crippen LogP contribution in [0, 0.1) is 17.8 Å². The van der Waals surface area contributed by atoms with Crippen molar-refractivity contribution in [1.82, 2.24) is 4.90 Å². The van der Waals surface area contributed by atoms with Gasteiger partial charge in [0.25, 0.3) is 0 Å². The van der Waals surface area contributed by atoms with Crippen LogP contribution < -0.4 is 0 Å². The Morgan fingerprint density at radius 1 is 1.56 bits per heavy atom. The minimum absolute atomic E-state index is 0.119. The minimum Gasteiger partial charge on any atom is -0.481 e. The van der Waals surface area contributed by atoms with E-state index in [9.17, 15) is 18.0 Å². The van der Waals surface area contributed by atoms with Crippen LogP contribution in [0.4, 0.5) is 13.2 Å². The molecule has 16 heavy (non-hydrogen) atoms. The number of hydrogen-bond acceptors (Lipinski definition) is 2. The number of likely N-dealkylation sites (tertiary alicyclic amines) is 1. The zero-order valence-corrected chi connectivity index (χ0v) is 8.55. The van der Waals surface area contributed by atoms with E-state index in [-0.39, 0.29) is 6.54 Å². The summed E-state index contributed by atoms with van der Waals surface area (Å²) in [7, 11) is 0. The Morgan fingerprint density at radius 3 is 2.56 bits per heavy atom. The van der Waals surface area contributed by atoms with Gasteiger partial charge in [0.05, 0.1) is 0 Å². The molecule has 1 rings (SSSR count). The van der Waals surface area contributed by atoms with Crippen molar-refractivity contribution in [3.05, 3.63) is 0 Å². The zero-order chi connectivity index (χ0) is 12.4. The lowest BCUT2D eigenvalue weighted by Gasteiger charge is -2.27. The summed E-state index contributed by atoms with van der Waals surface area (Å²) in [5.74, 6) is 0.517. The molecule has 0 radical (unpaired) electrons. The monoisotopic (exact) mass is 235 g/mol. The number of hydrogen-bond donors (Lipinski definition) is 1. The van der Waals surface area contributed by atoms with Crippen molar-refractivity contribution in [3.8, 4) is 12.3 Å². The summed E-state index contributed by atoms with van der Waals surface area (Å²) in [4.78, 5) is 12.2. The van der Waals surface area contributed by atoms with Crippen LogP contribution in [0.2, 0.25) is 0 Å². The first-order valence-electron chi connectivity index (χ1n) is 4.79. The van der Waals surface area contributed by atoms with Gasteiger partial charge < -0.3 is 10.0 Å². The fourth-order valence-corrected chi connectivity index (χ4v) is 1.83. The molecule has 0 spiro atoms. The third kappa shape index (κ3) is 2.14. The van der Waals surface area contributed by atoms with Crippen molar-refractivity contribution >= 4 is 5.97 Å². The molecule has 0 aliphatic carbocycles. The van der Waals surface area contributed by atoms with Crippen LogP contribution in [0.25, 0.3) is 0 Å². The molecule has 0 amide bonds. The quantitative estimate of drug-likeness (QED) is 0.751. The Bertz CT molecular complexity index is 321. The van der Waals surface area contributed by atoms with E-state index in [2.05, 4.69) is 5.92 Å². The van der Waals surface area contributed by atoms with Gasteiger partial charge in [0.1, 0.15) is 0 Å². The SMILES string of the molecule is C#CCCN1CCC(C(=O)O)(C(F)(F)F)C1. The average Bonchev–Trinajstić information content (AvgIpc) is 2.58. The molecule has 1 aliphatic rings. The largest absolute Gasteiger partial charge is 0.481 e. The summed E-state index contributed by atoms with van der Waals surface area (Å²) in [5, 5.41) is 8.76. The summed E-state index contributed by atoms with van der Waals surface area (Å²) in [6.07, 6.45) is 0.207. The second-order valence-corrected chi connectivity index (χ2v) is 3.87. The van der Waals surface area contributed by atoms with E-state index < -0.39 is 30.5 Å². The van der Waals surface area contributed by atoms with Gasteiger partial charge in [-0.1, -0.05) is 0 Å². The van der Waals surface area contributed by atoms with Crippen molar-refractivity contribution in [2.24, 2.45) is 5.41 Å². The zero-order valence-electron chi connectivity index (χ0n) is 8.55. The first-order valence-corrected chi connectivity index (χ1v) is 4.79. The van der Waals surface area contributed by atoms with Gasteiger partial charge in [-0.25, -0.2) is 0 Å². The molecule has 1 fully saturated rings. The van der Waals surface area contributed by atoms with Crippen molar-refractivity contribution in [3.63, 3.8) is 0 Å². The number of carboxylic acids is 1. The van der Waals surface area contributed by atoms with E-state index in [1.807, 2.05) is 0 Å². The molecule has 1 heterocycles. The van der Waals surface area contributed by atoms with Gasteiger partial charge in [-0.15, -0.1) is 12.3 Å². The molecule has 1 unspecified atom stereocenters. The van der Waals surface area contributed by atoms with E-state index in [0.717, 1.165) is 0 Å². The maximum Gasteiger partial charge on any atom is 0.406 e. The molecular formula is C10H12F3NO2. The molecule has 0 bridgehead atoms. The van der Waals surface area contributed by atoms with Crippen LogP contribution in [0.15, 0.2) is 0 Å². The molecule has 1 N–H and O–H groups in total. The molecular weight excluding hydrogens is 223 g/mol. The van der Waals surface area contributed by atoms with Crippen molar-refractivity contribution in [1.29, 1.82) is 0 Å². The molecule has 1 aliphatic heterocycles. The molecule has 6 heteroatoms. The van der Waals surface area contributed by atoms with E-state index in [4.69, 9.17) is 11.5 Å². The normalized spacial score (nSPS) is 26.6. The lowest BCUT2D eigenvalue weighted by Crippen LogP contribution is -2.47. The molecule has 1 atom stereocenters. The van der Waals surface area contributed by atoms with Gasteiger partial charge in [-0.05, 0) is 13.0 Å². The van der Waals surface area contributed by atoms with Crippen LogP contribution in [-0.2, 0) is 4.79 Å². The molecule has 0 aromatic carbocycles. The summed E-state index contributed by atoms with van der Waals surface area (Å²) in [5.41, 5.74) is -2.62. The second-order valence-electron chi connectivity index (χ2n) is 3.87. The average molecular weight is 235 g/mol. The highest BCUT2D eigenvalue weighted by molar-refractivity contribution is 5.76. The lowest BCUT2D eigenvalue weighted by atomic mass is 9.86. The standard InChI is InChI=1S/C10H12F3NO2/c1-2-3-5-14-6-4-9(7-14,8(15)16)10(11,12)13/h1H,3-7H2,(H,15,16). The summed E-state index contributed by atoms with van der Waals surface area (Å²) in [6, 6.07) is 0. The van der Waals surface area contributed by atoms with Gasteiger partial charge in [-0.2, -0.15) is 13.2 Å². The summed E-state index contributed by atoms with van der Waals surface area (Å²) < 4.78 is 38.1. The Balaban J connectivity index is 2.78. The second kappa shape index (κ2) is 4.34. The fraction of sp³-hybridized carbons (Fsp3) is 0.700. The minimum atomic E-state index is -4.72. The third-order valence-corrected chi connectivity index (χ3v) is 2.87. The molecule has 0 aromatic heterocycles. The maximum absolute atomic E-state index is 12.7. The number of aliphatic carboxylic acids is 1. The van der Waals surface area contributed by atoms with E-state index in [1.165, 1.54) is 4.90 Å². The summed E-state index contributed by atoms with van der Waals surface area (Å²) >= 11 is 0. The first-order chi connectivity index (χ1) is 7.33. The van der Waals surface area contributed by atoms with Gasteiger partial charge in [0.15, 0.2) is 5.41 Å². The van der Waals surface area contributed by atoms with Crippen LogP contribution >= 0.6 is 0 Å². The third-order valence-electron chi connectivity index (χ3n) is 2.87. The molecule has 1 saturated heterocycles. The Labute approximate surface area is 91.2 Å². The van der Waals surface area contributed by atoms with Gasteiger partial charge in [0, 0.05) is 19.5 Å². The first kappa shape index (κ1) is 12.8. The number of alkyl halides is 3. The summed E-state index contributed by atoms with van der Waals surface area (Å²) in [6.45, 7) is -0.0807. The van der Waals surface area contributed by atoms with Crippen molar-refractivity contribution < 1.29 is 23.1 Å². The van der Waals surface area contributed by atoms with E-state index >= 15 is 0 Å². The van der Waals surface area contributed by atoms with Crippen molar-refractivity contribution in [2.75, 3.05) is 19.6 Å². The smallest absolute Gasteiger partial charge is 0.406 e. The van der Waals surface area contributed by atoms with Gasteiger partial charge in [-0.3, -0.25) is 4.79 Å². The van der Waals surface area contributed by atoms with Crippen molar-refractivity contribution in [2.45, 2.75) is 19.0 Å². The van der Waals surface area contributed by atoms with E-state index in [1.54, 1.807) is 0 Å². The van der Waals surface area contributed by atoms with Crippen LogP contribution in [0.1, 0.15) is 12.8 Å². The van der Waals surface area contributed by atoms with E-state index in [0.29, 0.717) is 13.0 Å². The molecule has 90 valence electrons. The predicted molar refractivity (Wildman–Crippen MR) is 50.6 cm³/mol. The Morgan fingerprint density at radius 2 is 2.19 bits per heavy atom. The molecule has 3 nitrogen and oxygen atoms in total. The molecule has 0 aromatic rings. The van der Waals surface area contributed by atoms with Crippen LogP contribution in [0.5, 0.6) is 0 Å². The fourth-order valence-electron chi connectivity index (χ4n) is 1.83. The Kier molecular flexibility index (Phi) is 3.48. The number of halogens is 3.